The van der Waals surface area contributed by atoms with Crippen molar-refractivity contribution in [1.82, 2.24) is 0 Å². The summed E-state index contributed by atoms with van der Waals surface area (Å²) in [6.07, 6.45) is 4.07. The third kappa shape index (κ3) is 3.12. The van der Waals surface area contributed by atoms with Crippen molar-refractivity contribution < 1.29 is 0 Å². The second kappa shape index (κ2) is 5.39. The predicted molar refractivity (Wildman–Crippen MR) is 78.7 cm³/mol. The molecule has 88 valence electrons. The molecule has 1 aliphatic carbocycles. The van der Waals surface area contributed by atoms with Crippen LogP contribution in [0.15, 0.2) is 24.3 Å². The van der Waals surface area contributed by atoms with Gasteiger partial charge in [0.2, 0.25) is 0 Å². The minimum absolute atomic E-state index is 0.655. The number of rotatable bonds is 2. The Morgan fingerprint density at radius 3 is 2.81 bits per heavy atom. The van der Waals surface area contributed by atoms with Gasteiger partial charge in [0.05, 0.1) is 0 Å². The second-order valence-electron chi connectivity index (χ2n) is 5.16. The summed E-state index contributed by atoms with van der Waals surface area (Å²) >= 11 is 2.37. The molecular formula is C14H20IN. The van der Waals surface area contributed by atoms with Crippen molar-refractivity contribution in [1.29, 1.82) is 0 Å². The smallest absolute Gasteiger partial charge is 0.0353 e. The van der Waals surface area contributed by atoms with E-state index in [1.54, 1.807) is 0 Å². The number of nitrogens with one attached hydrogen (secondary N) is 1. The molecule has 3 unspecified atom stereocenters. The standard InChI is InChI=1S/C14H20IN/c1-10-6-7-11(2)14(8-10)16-13-5-3-4-12(15)9-13/h3-5,9-11,14,16H,6-8H2,1-2H3. The van der Waals surface area contributed by atoms with Crippen molar-refractivity contribution in [3.63, 3.8) is 0 Å². The lowest BCUT2D eigenvalue weighted by Crippen LogP contribution is -2.33. The van der Waals surface area contributed by atoms with Gasteiger partial charge >= 0.3 is 0 Å². The Hall–Kier alpha value is -0.250. The van der Waals surface area contributed by atoms with E-state index in [-0.39, 0.29) is 0 Å². The van der Waals surface area contributed by atoms with Crippen LogP contribution in [0, 0.1) is 15.4 Å². The summed E-state index contributed by atoms with van der Waals surface area (Å²) in [6.45, 7) is 4.74. The van der Waals surface area contributed by atoms with E-state index in [4.69, 9.17) is 0 Å². The van der Waals surface area contributed by atoms with Crippen molar-refractivity contribution in [3.05, 3.63) is 27.8 Å². The highest BCUT2D eigenvalue weighted by Gasteiger charge is 2.25. The molecule has 0 aromatic heterocycles. The highest BCUT2D eigenvalue weighted by molar-refractivity contribution is 14.1. The van der Waals surface area contributed by atoms with E-state index >= 15 is 0 Å². The largest absolute Gasteiger partial charge is 0.382 e. The molecule has 1 aliphatic rings. The number of halogens is 1. The first-order valence-electron chi connectivity index (χ1n) is 6.17. The zero-order chi connectivity index (χ0) is 11.5. The maximum Gasteiger partial charge on any atom is 0.0353 e. The van der Waals surface area contributed by atoms with Crippen LogP contribution < -0.4 is 5.32 Å². The molecule has 0 saturated heterocycles. The summed E-state index contributed by atoms with van der Waals surface area (Å²) in [6, 6.07) is 9.32. The molecule has 1 nitrogen and oxygen atoms in total. The monoisotopic (exact) mass is 329 g/mol. The maximum atomic E-state index is 3.70. The van der Waals surface area contributed by atoms with Crippen LogP contribution in [0.5, 0.6) is 0 Å². The summed E-state index contributed by atoms with van der Waals surface area (Å²) in [4.78, 5) is 0. The van der Waals surface area contributed by atoms with E-state index in [9.17, 15) is 0 Å². The van der Waals surface area contributed by atoms with Crippen LogP contribution in [0.25, 0.3) is 0 Å². The van der Waals surface area contributed by atoms with E-state index in [0.717, 1.165) is 11.8 Å². The summed E-state index contributed by atoms with van der Waals surface area (Å²) < 4.78 is 1.30. The fourth-order valence-electron chi connectivity index (χ4n) is 2.53. The van der Waals surface area contributed by atoms with Gasteiger partial charge in [0.1, 0.15) is 0 Å². The summed E-state index contributed by atoms with van der Waals surface area (Å²) in [7, 11) is 0. The minimum atomic E-state index is 0.655. The fourth-order valence-corrected chi connectivity index (χ4v) is 3.07. The lowest BCUT2D eigenvalue weighted by Gasteiger charge is -2.34. The van der Waals surface area contributed by atoms with E-state index in [2.05, 4.69) is 66.0 Å². The van der Waals surface area contributed by atoms with E-state index < -0.39 is 0 Å². The van der Waals surface area contributed by atoms with Crippen LogP contribution >= 0.6 is 22.6 Å². The predicted octanol–water partition coefficient (Wildman–Crippen LogP) is 4.53. The van der Waals surface area contributed by atoms with E-state index in [1.165, 1.54) is 28.5 Å². The van der Waals surface area contributed by atoms with Crippen LogP contribution in [-0.4, -0.2) is 6.04 Å². The molecule has 1 saturated carbocycles. The summed E-state index contributed by atoms with van der Waals surface area (Å²) in [5.41, 5.74) is 1.28. The van der Waals surface area contributed by atoms with Crippen molar-refractivity contribution in [2.24, 2.45) is 11.8 Å². The average Bonchev–Trinajstić information content (AvgIpc) is 2.24. The molecule has 1 aromatic carbocycles. The van der Waals surface area contributed by atoms with Crippen molar-refractivity contribution in [3.8, 4) is 0 Å². The molecule has 1 fully saturated rings. The molecule has 3 atom stereocenters. The average molecular weight is 329 g/mol. The fraction of sp³-hybridized carbons (Fsp3) is 0.571. The van der Waals surface area contributed by atoms with Gasteiger partial charge in [-0.25, -0.2) is 0 Å². The van der Waals surface area contributed by atoms with Crippen LogP contribution in [0.2, 0.25) is 0 Å². The third-order valence-electron chi connectivity index (χ3n) is 3.63. The SMILES string of the molecule is CC1CCC(C)C(Nc2cccc(I)c2)C1. The highest BCUT2D eigenvalue weighted by Crippen LogP contribution is 2.30. The van der Waals surface area contributed by atoms with E-state index in [1.807, 2.05) is 0 Å². The Bertz CT molecular complexity index is 350. The van der Waals surface area contributed by atoms with Gasteiger partial charge in [-0.05, 0) is 65.5 Å². The summed E-state index contributed by atoms with van der Waals surface area (Å²) in [5, 5.41) is 3.70. The maximum absolute atomic E-state index is 3.70. The molecule has 2 heteroatoms. The Morgan fingerprint density at radius 1 is 1.25 bits per heavy atom. The summed E-state index contributed by atoms with van der Waals surface area (Å²) in [5.74, 6) is 1.67. The van der Waals surface area contributed by atoms with Crippen molar-refractivity contribution >= 4 is 28.3 Å². The molecule has 1 N–H and O–H groups in total. The normalized spacial score (nSPS) is 30.1. The molecule has 1 aromatic rings. The molecule has 0 aliphatic heterocycles. The van der Waals surface area contributed by atoms with Crippen LogP contribution in [0.1, 0.15) is 33.1 Å². The van der Waals surface area contributed by atoms with Gasteiger partial charge in [0.25, 0.3) is 0 Å². The zero-order valence-electron chi connectivity index (χ0n) is 10.0. The van der Waals surface area contributed by atoms with Crippen molar-refractivity contribution in [2.45, 2.75) is 39.2 Å². The second-order valence-corrected chi connectivity index (χ2v) is 6.40. The van der Waals surface area contributed by atoms with Gasteiger partial charge in [-0.3, -0.25) is 0 Å². The van der Waals surface area contributed by atoms with Crippen LogP contribution in [0.4, 0.5) is 5.69 Å². The van der Waals surface area contributed by atoms with Gasteiger partial charge in [-0.1, -0.05) is 26.3 Å². The molecule has 0 bridgehead atoms. The number of benzene rings is 1. The molecule has 0 heterocycles. The highest BCUT2D eigenvalue weighted by atomic mass is 127. The van der Waals surface area contributed by atoms with Crippen LogP contribution in [0.3, 0.4) is 0 Å². The molecule has 0 radical (unpaired) electrons. The van der Waals surface area contributed by atoms with E-state index in [0.29, 0.717) is 6.04 Å². The van der Waals surface area contributed by atoms with Gasteiger partial charge in [-0.15, -0.1) is 0 Å². The number of hydrogen-bond acceptors (Lipinski definition) is 1. The first kappa shape index (κ1) is 12.2. The Labute approximate surface area is 112 Å². The lowest BCUT2D eigenvalue weighted by molar-refractivity contribution is 0.280. The Kier molecular flexibility index (Phi) is 4.11. The lowest BCUT2D eigenvalue weighted by atomic mass is 9.80. The number of anilines is 1. The minimum Gasteiger partial charge on any atom is -0.382 e. The van der Waals surface area contributed by atoms with Gasteiger partial charge < -0.3 is 5.32 Å². The van der Waals surface area contributed by atoms with Crippen LogP contribution in [-0.2, 0) is 0 Å². The van der Waals surface area contributed by atoms with Crippen molar-refractivity contribution in [2.75, 3.05) is 5.32 Å². The molecular weight excluding hydrogens is 309 g/mol. The Balaban J connectivity index is 2.02. The molecule has 2 rings (SSSR count). The number of hydrogen-bond donors (Lipinski definition) is 1. The third-order valence-corrected chi connectivity index (χ3v) is 4.31. The van der Waals surface area contributed by atoms with Gasteiger partial charge in [0, 0.05) is 15.3 Å². The molecule has 0 amide bonds. The first-order chi connectivity index (χ1) is 7.65. The first-order valence-corrected chi connectivity index (χ1v) is 7.25. The molecule has 0 spiro atoms. The molecule has 16 heavy (non-hydrogen) atoms. The quantitative estimate of drug-likeness (QED) is 0.786. The van der Waals surface area contributed by atoms with Gasteiger partial charge in [0.15, 0.2) is 0 Å². The van der Waals surface area contributed by atoms with Gasteiger partial charge in [-0.2, -0.15) is 0 Å². The topological polar surface area (TPSA) is 12.0 Å². The Morgan fingerprint density at radius 2 is 2.06 bits per heavy atom. The zero-order valence-corrected chi connectivity index (χ0v) is 12.2.